The van der Waals surface area contributed by atoms with Crippen molar-refractivity contribution >= 4 is 5.91 Å². The summed E-state index contributed by atoms with van der Waals surface area (Å²) in [6.45, 7) is 7.02. The standard InChI is InChI=1S/C15H23N3O/c1-11-6-7-14-12(2)18(10-9-17(11)14)15(19)13-5-3-4-8-16-13/h6-7,12-13,16H,3-5,8-10H2,1-2H3. The van der Waals surface area contributed by atoms with E-state index in [-0.39, 0.29) is 18.0 Å². The van der Waals surface area contributed by atoms with Crippen LogP contribution in [0.2, 0.25) is 0 Å². The maximum absolute atomic E-state index is 12.6. The van der Waals surface area contributed by atoms with E-state index < -0.39 is 0 Å². The topological polar surface area (TPSA) is 37.3 Å². The van der Waals surface area contributed by atoms with Crippen LogP contribution in [0, 0.1) is 6.92 Å². The van der Waals surface area contributed by atoms with E-state index in [0.717, 1.165) is 26.1 Å². The Morgan fingerprint density at radius 3 is 2.89 bits per heavy atom. The van der Waals surface area contributed by atoms with Gasteiger partial charge in [-0.25, -0.2) is 0 Å². The van der Waals surface area contributed by atoms with Crippen LogP contribution in [0.25, 0.3) is 0 Å². The van der Waals surface area contributed by atoms with Crippen LogP contribution >= 0.6 is 0 Å². The third-order valence-corrected chi connectivity index (χ3v) is 4.58. The fourth-order valence-electron chi connectivity index (χ4n) is 3.38. The second-order valence-electron chi connectivity index (χ2n) is 5.76. The normalized spacial score (nSPS) is 27.2. The molecule has 0 bridgehead atoms. The molecule has 1 aromatic heterocycles. The Morgan fingerprint density at radius 1 is 1.32 bits per heavy atom. The Balaban J connectivity index is 1.77. The van der Waals surface area contributed by atoms with E-state index in [1.54, 1.807) is 0 Å². The van der Waals surface area contributed by atoms with Gasteiger partial charge in [-0.1, -0.05) is 6.42 Å². The van der Waals surface area contributed by atoms with Crippen molar-refractivity contribution in [1.82, 2.24) is 14.8 Å². The number of hydrogen-bond acceptors (Lipinski definition) is 2. The van der Waals surface area contributed by atoms with Gasteiger partial charge in [-0.15, -0.1) is 0 Å². The van der Waals surface area contributed by atoms with Crippen LogP contribution in [-0.2, 0) is 11.3 Å². The molecule has 4 nitrogen and oxygen atoms in total. The minimum atomic E-state index is 0.0406. The number of piperidine rings is 1. The van der Waals surface area contributed by atoms with E-state index in [1.165, 1.54) is 24.2 Å². The van der Waals surface area contributed by atoms with Gasteiger partial charge in [0.15, 0.2) is 0 Å². The van der Waals surface area contributed by atoms with Crippen molar-refractivity contribution < 1.29 is 4.79 Å². The summed E-state index contributed by atoms with van der Waals surface area (Å²) >= 11 is 0. The number of nitrogens with one attached hydrogen (secondary N) is 1. The molecule has 0 aromatic carbocycles. The monoisotopic (exact) mass is 261 g/mol. The van der Waals surface area contributed by atoms with Crippen LogP contribution in [0.3, 0.4) is 0 Å². The van der Waals surface area contributed by atoms with Crippen molar-refractivity contribution in [2.24, 2.45) is 0 Å². The molecule has 0 spiro atoms. The summed E-state index contributed by atoms with van der Waals surface area (Å²) in [6.07, 6.45) is 3.35. The molecule has 1 fully saturated rings. The molecule has 104 valence electrons. The number of amides is 1. The Hall–Kier alpha value is -1.29. The molecule has 2 aliphatic heterocycles. The first kappa shape index (κ1) is 12.7. The van der Waals surface area contributed by atoms with Crippen LogP contribution < -0.4 is 5.32 Å². The molecule has 0 saturated carbocycles. The molecule has 1 saturated heterocycles. The maximum atomic E-state index is 12.6. The number of carbonyl (C=O) groups is 1. The van der Waals surface area contributed by atoms with Crippen molar-refractivity contribution in [1.29, 1.82) is 0 Å². The molecule has 4 heteroatoms. The number of hydrogen-bond donors (Lipinski definition) is 1. The van der Waals surface area contributed by atoms with Crippen molar-refractivity contribution in [2.75, 3.05) is 13.1 Å². The lowest BCUT2D eigenvalue weighted by Gasteiger charge is -2.38. The van der Waals surface area contributed by atoms with Crippen LogP contribution in [0.5, 0.6) is 0 Å². The molecule has 1 N–H and O–H groups in total. The van der Waals surface area contributed by atoms with Crippen LogP contribution in [0.15, 0.2) is 12.1 Å². The average Bonchev–Trinajstić information content (AvgIpc) is 2.82. The summed E-state index contributed by atoms with van der Waals surface area (Å²) in [7, 11) is 0. The third-order valence-electron chi connectivity index (χ3n) is 4.58. The Morgan fingerprint density at radius 2 is 2.16 bits per heavy atom. The zero-order valence-corrected chi connectivity index (χ0v) is 11.9. The lowest BCUT2D eigenvalue weighted by Crippen LogP contribution is -2.51. The largest absolute Gasteiger partial charge is 0.345 e. The second-order valence-corrected chi connectivity index (χ2v) is 5.76. The minimum Gasteiger partial charge on any atom is -0.345 e. The van der Waals surface area contributed by atoms with Crippen LogP contribution in [-0.4, -0.2) is 34.5 Å². The van der Waals surface area contributed by atoms with Gasteiger partial charge in [-0.2, -0.15) is 0 Å². The Kier molecular flexibility index (Phi) is 3.35. The number of fused-ring (bicyclic) bond motifs is 1. The summed E-state index contributed by atoms with van der Waals surface area (Å²) in [6, 6.07) is 4.55. The van der Waals surface area contributed by atoms with Gasteiger partial charge in [0, 0.05) is 24.5 Å². The lowest BCUT2D eigenvalue weighted by molar-refractivity contribution is -0.137. The van der Waals surface area contributed by atoms with E-state index in [4.69, 9.17) is 0 Å². The highest BCUT2D eigenvalue weighted by Gasteiger charge is 2.32. The number of nitrogens with zero attached hydrogens (tertiary/aromatic N) is 2. The van der Waals surface area contributed by atoms with E-state index >= 15 is 0 Å². The van der Waals surface area contributed by atoms with E-state index in [1.807, 2.05) is 0 Å². The molecular weight excluding hydrogens is 238 g/mol. The molecule has 3 heterocycles. The van der Waals surface area contributed by atoms with Gasteiger partial charge < -0.3 is 14.8 Å². The fraction of sp³-hybridized carbons (Fsp3) is 0.667. The van der Waals surface area contributed by atoms with Gasteiger partial charge in [0.05, 0.1) is 12.1 Å². The van der Waals surface area contributed by atoms with Gasteiger partial charge in [-0.05, 0) is 45.4 Å². The summed E-state index contributed by atoms with van der Waals surface area (Å²) in [5.41, 5.74) is 2.57. The summed E-state index contributed by atoms with van der Waals surface area (Å²) in [4.78, 5) is 14.7. The molecular formula is C15H23N3O. The second kappa shape index (κ2) is 5.00. The first-order valence-electron chi connectivity index (χ1n) is 7.38. The minimum absolute atomic E-state index is 0.0406. The van der Waals surface area contributed by atoms with Crippen molar-refractivity contribution in [2.45, 2.75) is 51.7 Å². The molecule has 2 unspecified atom stereocenters. The zero-order chi connectivity index (χ0) is 13.4. The van der Waals surface area contributed by atoms with Crippen LogP contribution in [0.1, 0.15) is 43.6 Å². The van der Waals surface area contributed by atoms with Crippen molar-refractivity contribution in [3.8, 4) is 0 Å². The SMILES string of the molecule is Cc1ccc2n1CCN(C(=O)C1CCCCN1)C2C. The number of aryl methyl sites for hydroxylation is 1. The Labute approximate surface area is 114 Å². The first-order valence-corrected chi connectivity index (χ1v) is 7.38. The number of aromatic nitrogens is 1. The van der Waals surface area contributed by atoms with Crippen molar-refractivity contribution in [3.63, 3.8) is 0 Å². The summed E-state index contributed by atoms with van der Waals surface area (Å²) in [5, 5.41) is 3.37. The predicted molar refractivity (Wildman–Crippen MR) is 74.9 cm³/mol. The highest BCUT2D eigenvalue weighted by molar-refractivity contribution is 5.82. The molecule has 3 rings (SSSR count). The molecule has 0 radical (unpaired) electrons. The molecule has 1 amide bonds. The van der Waals surface area contributed by atoms with Gasteiger partial charge in [0.2, 0.25) is 5.91 Å². The smallest absolute Gasteiger partial charge is 0.240 e. The van der Waals surface area contributed by atoms with E-state index in [9.17, 15) is 4.79 Å². The highest BCUT2D eigenvalue weighted by atomic mass is 16.2. The average molecular weight is 261 g/mol. The highest BCUT2D eigenvalue weighted by Crippen LogP contribution is 2.28. The lowest BCUT2D eigenvalue weighted by atomic mass is 10.0. The Bertz CT molecular complexity index is 474. The van der Waals surface area contributed by atoms with Crippen molar-refractivity contribution in [3.05, 3.63) is 23.5 Å². The van der Waals surface area contributed by atoms with E-state index in [0.29, 0.717) is 0 Å². The quantitative estimate of drug-likeness (QED) is 0.837. The molecule has 19 heavy (non-hydrogen) atoms. The zero-order valence-electron chi connectivity index (χ0n) is 11.9. The molecule has 0 aliphatic carbocycles. The van der Waals surface area contributed by atoms with Gasteiger partial charge in [-0.3, -0.25) is 4.79 Å². The van der Waals surface area contributed by atoms with Gasteiger partial charge in [0.25, 0.3) is 0 Å². The van der Waals surface area contributed by atoms with Gasteiger partial charge in [0.1, 0.15) is 0 Å². The molecule has 2 aliphatic rings. The molecule has 2 atom stereocenters. The summed E-state index contributed by atoms with van der Waals surface area (Å²) in [5.74, 6) is 0.289. The third kappa shape index (κ3) is 2.18. The fourth-order valence-corrected chi connectivity index (χ4v) is 3.38. The summed E-state index contributed by atoms with van der Waals surface area (Å²) < 4.78 is 2.34. The van der Waals surface area contributed by atoms with Gasteiger partial charge >= 0.3 is 0 Å². The number of carbonyl (C=O) groups excluding carboxylic acids is 1. The maximum Gasteiger partial charge on any atom is 0.240 e. The first-order chi connectivity index (χ1) is 9.18. The van der Waals surface area contributed by atoms with Crippen LogP contribution in [0.4, 0.5) is 0 Å². The van der Waals surface area contributed by atoms with E-state index in [2.05, 4.69) is 40.8 Å². The molecule has 1 aromatic rings. The number of rotatable bonds is 1. The predicted octanol–water partition coefficient (Wildman–Crippen LogP) is 1.84.